The highest BCUT2D eigenvalue weighted by Crippen LogP contribution is 2.05. The molecule has 0 radical (unpaired) electrons. The first-order valence-electron chi connectivity index (χ1n) is 4.36. The molecule has 4 heteroatoms. The Morgan fingerprint density at radius 1 is 1.29 bits per heavy atom. The molecule has 0 fully saturated rings. The summed E-state index contributed by atoms with van der Waals surface area (Å²) in [5, 5.41) is 9.82. The Balaban J connectivity index is 2.99. The first-order chi connectivity index (χ1) is 6.47. The van der Waals surface area contributed by atoms with Gasteiger partial charge in [-0.15, -0.1) is 0 Å². The fourth-order valence-corrected chi connectivity index (χ4v) is 2.34. The highest BCUT2D eigenvalue weighted by Gasteiger charge is 2.23. The predicted octanol–water partition coefficient (Wildman–Crippen LogP) is 1.44. The quantitative estimate of drug-likeness (QED) is 0.768. The lowest BCUT2D eigenvalue weighted by molar-refractivity contribution is 0.0697. The van der Waals surface area contributed by atoms with Crippen molar-refractivity contribution in [3.05, 3.63) is 29.8 Å². The molecule has 0 spiro atoms. The van der Waals surface area contributed by atoms with Gasteiger partial charge in [-0.2, -0.15) is 0 Å². The van der Waals surface area contributed by atoms with Gasteiger partial charge in [0.25, 0.3) is 0 Å². The Hall–Kier alpha value is -1.13. The van der Waals surface area contributed by atoms with Gasteiger partial charge in [0.1, 0.15) is 0 Å². The van der Waals surface area contributed by atoms with Crippen molar-refractivity contribution in [2.24, 2.45) is 0 Å². The number of hydrogen-bond donors (Lipinski definition) is 1. The van der Waals surface area contributed by atoms with Crippen molar-refractivity contribution in [3.63, 3.8) is 0 Å². The van der Waals surface area contributed by atoms with E-state index in [4.69, 9.17) is 9.53 Å². The van der Waals surface area contributed by atoms with Crippen molar-refractivity contribution >= 4 is 19.5 Å². The summed E-state index contributed by atoms with van der Waals surface area (Å²) in [6, 6.07) is 6.90. The summed E-state index contributed by atoms with van der Waals surface area (Å²) in [5.74, 6) is -0.895. The van der Waals surface area contributed by atoms with Crippen LogP contribution in [0.5, 0.6) is 0 Å². The molecule has 1 aromatic carbocycles. The van der Waals surface area contributed by atoms with Crippen molar-refractivity contribution in [1.29, 1.82) is 0 Å². The Bertz CT molecular complexity index is 330. The first-order valence-corrected chi connectivity index (χ1v) is 7.27. The molecule has 14 heavy (non-hydrogen) atoms. The molecule has 3 nitrogen and oxygen atoms in total. The number of rotatable bonds is 3. The van der Waals surface area contributed by atoms with Gasteiger partial charge in [0.2, 0.25) is 8.32 Å². The topological polar surface area (TPSA) is 46.5 Å². The van der Waals surface area contributed by atoms with Crippen LogP contribution in [0.4, 0.5) is 0 Å². The maximum Gasteiger partial charge on any atom is 0.335 e. The lowest BCUT2D eigenvalue weighted by Crippen LogP contribution is -2.43. The zero-order valence-corrected chi connectivity index (χ0v) is 9.57. The zero-order chi connectivity index (χ0) is 10.8. The minimum absolute atomic E-state index is 0.314. The summed E-state index contributed by atoms with van der Waals surface area (Å²) in [4.78, 5) is 10.6. The molecule has 0 saturated heterocycles. The average molecular weight is 210 g/mol. The van der Waals surface area contributed by atoms with Crippen LogP contribution < -0.4 is 5.19 Å². The summed E-state index contributed by atoms with van der Waals surface area (Å²) >= 11 is 0. The minimum Gasteiger partial charge on any atom is -0.478 e. The van der Waals surface area contributed by atoms with Crippen LogP contribution in [-0.4, -0.2) is 26.5 Å². The van der Waals surface area contributed by atoms with E-state index in [9.17, 15) is 4.79 Å². The van der Waals surface area contributed by atoms with Crippen LogP contribution in [0.1, 0.15) is 10.4 Å². The predicted molar refractivity (Wildman–Crippen MR) is 57.5 cm³/mol. The second-order valence-electron chi connectivity index (χ2n) is 3.60. The Labute approximate surface area is 84.5 Å². The van der Waals surface area contributed by atoms with Gasteiger partial charge < -0.3 is 9.53 Å². The SMILES string of the molecule is CO[Si](C)(C)c1ccc(C(=O)O)cc1. The molecule has 0 bridgehead atoms. The molecule has 0 heterocycles. The van der Waals surface area contributed by atoms with E-state index in [1.54, 1.807) is 19.2 Å². The van der Waals surface area contributed by atoms with E-state index in [-0.39, 0.29) is 0 Å². The Morgan fingerprint density at radius 3 is 2.14 bits per heavy atom. The van der Waals surface area contributed by atoms with E-state index in [0.29, 0.717) is 5.56 Å². The second kappa shape index (κ2) is 3.94. The summed E-state index contributed by atoms with van der Waals surface area (Å²) in [6.45, 7) is 4.14. The second-order valence-corrected chi connectivity index (χ2v) is 7.60. The normalized spacial score (nSPS) is 11.4. The molecule has 0 aliphatic carbocycles. The van der Waals surface area contributed by atoms with E-state index in [0.717, 1.165) is 5.19 Å². The third-order valence-electron chi connectivity index (χ3n) is 2.34. The number of hydrogen-bond acceptors (Lipinski definition) is 2. The highest BCUT2D eigenvalue weighted by atomic mass is 28.4. The van der Waals surface area contributed by atoms with Gasteiger partial charge in [-0.25, -0.2) is 4.79 Å². The van der Waals surface area contributed by atoms with Crippen molar-refractivity contribution in [2.75, 3.05) is 7.11 Å². The summed E-state index contributed by atoms with van der Waals surface area (Å²) in [7, 11) is -0.112. The monoisotopic (exact) mass is 210 g/mol. The fourth-order valence-electron chi connectivity index (χ4n) is 1.13. The summed E-state index contributed by atoms with van der Waals surface area (Å²) < 4.78 is 5.42. The lowest BCUT2D eigenvalue weighted by atomic mass is 10.2. The van der Waals surface area contributed by atoms with E-state index >= 15 is 0 Å². The number of carboxylic acid groups (broad SMARTS) is 1. The van der Waals surface area contributed by atoms with Crippen molar-refractivity contribution in [1.82, 2.24) is 0 Å². The number of carboxylic acids is 1. The smallest absolute Gasteiger partial charge is 0.335 e. The molecular weight excluding hydrogens is 196 g/mol. The Kier molecular flexibility index (Phi) is 3.08. The summed E-state index contributed by atoms with van der Waals surface area (Å²) in [5.41, 5.74) is 0.314. The molecule has 0 aliphatic rings. The molecule has 1 aromatic rings. The molecule has 76 valence electrons. The van der Waals surface area contributed by atoms with E-state index in [1.165, 1.54) is 0 Å². The number of carbonyl (C=O) groups is 1. The van der Waals surface area contributed by atoms with Crippen molar-refractivity contribution in [3.8, 4) is 0 Å². The van der Waals surface area contributed by atoms with Gasteiger partial charge in [-0.1, -0.05) is 12.1 Å². The molecule has 0 aliphatic heterocycles. The first kappa shape index (κ1) is 10.9. The van der Waals surface area contributed by atoms with Gasteiger partial charge >= 0.3 is 5.97 Å². The van der Waals surface area contributed by atoms with E-state index < -0.39 is 14.3 Å². The molecule has 1 rings (SSSR count). The van der Waals surface area contributed by atoms with Gasteiger partial charge in [0, 0.05) is 7.11 Å². The number of benzene rings is 1. The van der Waals surface area contributed by atoms with Gasteiger partial charge in [-0.05, 0) is 30.4 Å². The zero-order valence-electron chi connectivity index (χ0n) is 8.57. The molecule has 1 N–H and O–H groups in total. The van der Waals surface area contributed by atoms with E-state index in [1.807, 2.05) is 12.1 Å². The van der Waals surface area contributed by atoms with Crippen LogP contribution in [0.15, 0.2) is 24.3 Å². The fraction of sp³-hybridized carbons (Fsp3) is 0.300. The molecule has 0 unspecified atom stereocenters. The van der Waals surface area contributed by atoms with Crippen LogP contribution >= 0.6 is 0 Å². The van der Waals surface area contributed by atoms with Crippen LogP contribution in [0.3, 0.4) is 0 Å². The molecular formula is C10H14O3Si. The van der Waals surface area contributed by atoms with Crippen molar-refractivity contribution in [2.45, 2.75) is 13.1 Å². The van der Waals surface area contributed by atoms with Crippen LogP contribution in [0.25, 0.3) is 0 Å². The van der Waals surface area contributed by atoms with Crippen LogP contribution in [0, 0.1) is 0 Å². The molecule has 0 amide bonds. The van der Waals surface area contributed by atoms with Crippen molar-refractivity contribution < 1.29 is 14.3 Å². The maximum atomic E-state index is 10.6. The van der Waals surface area contributed by atoms with E-state index in [2.05, 4.69) is 13.1 Å². The summed E-state index contributed by atoms with van der Waals surface area (Å²) in [6.07, 6.45) is 0. The third kappa shape index (κ3) is 2.21. The molecule has 0 saturated carbocycles. The third-order valence-corrected chi connectivity index (χ3v) is 5.08. The average Bonchev–Trinajstić information content (AvgIpc) is 2.18. The largest absolute Gasteiger partial charge is 0.478 e. The standard InChI is InChI=1S/C10H14O3Si/c1-13-14(2,3)9-6-4-8(5-7-9)10(11)12/h4-7H,1-3H3,(H,11,12). The minimum atomic E-state index is -1.80. The van der Waals surface area contributed by atoms with Gasteiger partial charge in [0.05, 0.1) is 5.56 Å². The van der Waals surface area contributed by atoms with Gasteiger partial charge in [-0.3, -0.25) is 0 Å². The molecule has 0 aromatic heterocycles. The number of aromatic carboxylic acids is 1. The molecule has 0 atom stereocenters. The van der Waals surface area contributed by atoms with Gasteiger partial charge in [0.15, 0.2) is 0 Å². The Morgan fingerprint density at radius 2 is 1.79 bits per heavy atom. The lowest BCUT2D eigenvalue weighted by Gasteiger charge is -2.20. The van der Waals surface area contributed by atoms with Crippen LogP contribution in [-0.2, 0) is 4.43 Å². The van der Waals surface area contributed by atoms with Crippen LogP contribution in [0.2, 0.25) is 13.1 Å². The maximum absolute atomic E-state index is 10.6. The highest BCUT2D eigenvalue weighted by molar-refractivity contribution is 6.84.